The van der Waals surface area contributed by atoms with E-state index in [1.54, 1.807) is 0 Å². The number of piperidine rings is 1. The second kappa shape index (κ2) is 4.80. The second-order valence-electron chi connectivity index (χ2n) is 3.87. The number of hydrogen-bond donors (Lipinski definition) is 2. The monoisotopic (exact) mass is 172 g/mol. The van der Waals surface area contributed by atoms with Gasteiger partial charge in [-0.2, -0.15) is 0 Å². The zero-order valence-electron chi connectivity index (χ0n) is 7.87. The maximum absolute atomic E-state index is 9.31. The summed E-state index contributed by atoms with van der Waals surface area (Å²) >= 11 is 0. The highest BCUT2D eigenvalue weighted by Crippen LogP contribution is 2.15. The van der Waals surface area contributed by atoms with Crippen LogP contribution in [-0.4, -0.2) is 42.3 Å². The maximum atomic E-state index is 9.31. The van der Waals surface area contributed by atoms with Crippen LogP contribution in [0.3, 0.4) is 0 Å². The SMILES string of the molecule is CC1CCN(CC(O)CN)CC1. The fraction of sp³-hybridized carbons (Fsp3) is 1.00. The Bertz CT molecular complexity index is 122. The number of aliphatic hydroxyl groups is 1. The van der Waals surface area contributed by atoms with Gasteiger partial charge in [0.25, 0.3) is 0 Å². The molecule has 3 heteroatoms. The van der Waals surface area contributed by atoms with Crippen molar-refractivity contribution in [3.8, 4) is 0 Å². The Morgan fingerprint density at radius 2 is 2.08 bits per heavy atom. The van der Waals surface area contributed by atoms with Crippen LogP contribution in [0.4, 0.5) is 0 Å². The summed E-state index contributed by atoms with van der Waals surface area (Å²) in [5.41, 5.74) is 5.34. The number of rotatable bonds is 3. The minimum Gasteiger partial charge on any atom is -0.390 e. The second-order valence-corrected chi connectivity index (χ2v) is 3.87. The number of nitrogens with zero attached hydrogens (tertiary/aromatic N) is 1. The van der Waals surface area contributed by atoms with Crippen molar-refractivity contribution in [2.75, 3.05) is 26.2 Å². The highest BCUT2D eigenvalue weighted by atomic mass is 16.3. The summed E-state index contributed by atoms with van der Waals surface area (Å²) in [5.74, 6) is 0.858. The molecule has 1 aliphatic heterocycles. The molecule has 72 valence electrons. The molecule has 0 aromatic carbocycles. The number of β-amino-alcohol motifs (C(OH)–C–C–N with tert-alkyl or cyclic N) is 1. The molecule has 3 N–H and O–H groups in total. The number of hydrogen-bond acceptors (Lipinski definition) is 3. The Balaban J connectivity index is 2.17. The van der Waals surface area contributed by atoms with Gasteiger partial charge in [-0.15, -0.1) is 0 Å². The van der Waals surface area contributed by atoms with E-state index in [1.165, 1.54) is 12.8 Å². The minimum atomic E-state index is -0.335. The molecular formula is C9H20N2O. The van der Waals surface area contributed by atoms with Crippen LogP contribution in [0.15, 0.2) is 0 Å². The lowest BCUT2D eigenvalue weighted by Crippen LogP contribution is -2.40. The van der Waals surface area contributed by atoms with Crippen molar-refractivity contribution in [2.45, 2.75) is 25.9 Å². The van der Waals surface area contributed by atoms with Gasteiger partial charge in [0.1, 0.15) is 0 Å². The molecule has 0 spiro atoms. The first kappa shape index (κ1) is 9.96. The molecule has 0 radical (unpaired) electrons. The third kappa shape index (κ3) is 3.09. The van der Waals surface area contributed by atoms with Gasteiger partial charge < -0.3 is 15.7 Å². The number of aliphatic hydroxyl groups excluding tert-OH is 1. The molecule has 1 atom stereocenters. The van der Waals surface area contributed by atoms with Crippen molar-refractivity contribution in [2.24, 2.45) is 11.7 Å². The van der Waals surface area contributed by atoms with Crippen LogP contribution in [0.2, 0.25) is 0 Å². The summed E-state index contributed by atoms with van der Waals surface area (Å²) < 4.78 is 0. The van der Waals surface area contributed by atoms with Crippen LogP contribution in [0, 0.1) is 5.92 Å². The van der Waals surface area contributed by atoms with Gasteiger partial charge in [0.15, 0.2) is 0 Å². The van der Waals surface area contributed by atoms with Crippen molar-refractivity contribution < 1.29 is 5.11 Å². The lowest BCUT2D eigenvalue weighted by atomic mass is 9.99. The van der Waals surface area contributed by atoms with Gasteiger partial charge in [-0.05, 0) is 31.8 Å². The van der Waals surface area contributed by atoms with Gasteiger partial charge in [-0.25, -0.2) is 0 Å². The normalized spacial score (nSPS) is 24.2. The first-order valence-corrected chi connectivity index (χ1v) is 4.83. The highest BCUT2D eigenvalue weighted by Gasteiger charge is 2.17. The Morgan fingerprint density at radius 3 is 2.58 bits per heavy atom. The minimum absolute atomic E-state index is 0.335. The molecule has 1 rings (SSSR count). The summed E-state index contributed by atoms with van der Waals surface area (Å²) in [6, 6.07) is 0. The quantitative estimate of drug-likeness (QED) is 0.632. The Hall–Kier alpha value is -0.120. The molecule has 0 saturated carbocycles. The molecule has 0 amide bonds. The van der Waals surface area contributed by atoms with Crippen LogP contribution in [0.25, 0.3) is 0 Å². The Kier molecular flexibility index (Phi) is 3.98. The van der Waals surface area contributed by atoms with Crippen LogP contribution in [0.5, 0.6) is 0 Å². The smallest absolute Gasteiger partial charge is 0.0789 e. The fourth-order valence-corrected chi connectivity index (χ4v) is 1.62. The molecule has 0 aromatic heterocycles. The van der Waals surface area contributed by atoms with Crippen LogP contribution >= 0.6 is 0 Å². The summed E-state index contributed by atoms with van der Waals surface area (Å²) in [4.78, 5) is 2.30. The molecule has 1 saturated heterocycles. The average Bonchev–Trinajstić information content (AvgIpc) is 2.09. The third-order valence-corrected chi connectivity index (χ3v) is 2.62. The van der Waals surface area contributed by atoms with Gasteiger partial charge in [0.2, 0.25) is 0 Å². The molecule has 1 unspecified atom stereocenters. The van der Waals surface area contributed by atoms with Gasteiger partial charge in [-0.1, -0.05) is 6.92 Å². The first-order chi connectivity index (χ1) is 5.72. The van der Waals surface area contributed by atoms with Crippen LogP contribution in [0.1, 0.15) is 19.8 Å². The van der Waals surface area contributed by atoms with Gasteiger partial charge in [0.05, 0.1) is 6.10 Å². The summed E-state index contributed by atoms with van der Waals surface area (Å²) in [7, 11) is 0. The van der Waals surface area contributed by atoms with Crippen molar-refractivity contribution in [1.82, 2.24) is 4.90 Å². The fourth-order valence-electron chi connectivity index (χ4n) is 1.62. The molecule has 1 aliphatic rings. The van der Waals surface area contributed by atoms with E-state index >= 15 is 0 Å². The summed E-state index contributed by atoms with van der Waals surface area (Å²) in [6.45, 7) is 5.67. The van der Waals surface area contributed by atoms with E-state index in [-0.39, 0.29) is 6.10 Å². The van der Waals surface area contributed by atoms with Crippen molar-refractivity contribution in [1.29, 1.82) is 0 Å². The molecular weight excluding hydrogens is 152 g/mol. The predicted octanol–water partition coefficient (Wildman–Crippen LogP) is 0.0379. The lowest BCUT2D eigenvalue weighted by molar-refractivity contribution is 0.0965. The van der Waals surface area contributed by atoms with Crippen molar-refractivity contribution in [3.05, 3.63) is 0 Å². The summed E-state index contributed by atoms with van der Waals surface area (Å²) in [5, 5.41) is 9.31. The van der Waals surface area contributed by atoms with E-state index in [0.29, 0.717) is 6.54 Å². The molecule has 1 fully saturated rings. The number of likely N-dealkylation sites (tertiary alicyclic amines) is 1. The standard InChI is InChI=1S/C9H20N2O/c1-8-2-4-11(5-3-8)7-9(12)6-10/h8-9,12H,2-7,10H2,1H3. The average molecular weight is 172 g/mol. The van der Waals surface area contributed by atoms with E-state index in [0.717, 1.165) is 25.6 Å². The molecule has 0 aliphatic carbocycles. The van der Waals surface area contributed by atoms with E-state index in [1.807, 2.05) is 0 Å². The maximum Gasteiger partial charge on any atom is 0.0789 e. The van der Waals surface area contributed by atoms with Gasteiger partial charge >= 0.3 is 0 Å². The summed E-state index contributed by atoms with van der Waals surface area (Å²) in [6.07, 6.45) is 2.19. The molecule has 3 nitrogen and oxygen atoms in total. The van der Waals surface area contributed by atoms with E-state index in [4.69, 9.17) is 5.73 Å². The zero-order valence-corrected chi connectivity index (χ0v) is 7.87. The van der Waals surface area contributed by atoms with E-state index < -0.39 is 0 Å². The van der Waals surface area contributed by atoms with Crippen LogP contribution in [-0.2, 0) is 0 Å². The van der Waals surface area contributed by atoms with Crippen molar-refractivity contribution in [3.63, 3.8) is 0 Å². The van der Waals surface area contributed by atoms with E-state index in [2.05, 4.69) is 11.8 Å². The zero-order chi connectivity index (χ0) is 8.97. The van der Waals surface area contributed by atoms with E-state index in [9.17, 15) is 5.11 Å². The van der Waals surface area contributed by atoms with Gasteiger partial charge in [-0.3, -0.25) is 0 Å². The molecule has 0 bridgehead atoms. The lowest BCUT2D eigenvalue weighted by Gasteiger charge is -2.31. The highest BCUT2D eigenvalue weighted by molar-refractivity contribution is 4.72. The first-order valence-electron chi connectivity index (χ1n) is 4.83. The number of nitrogens with two attached hydrogens (primary N) is 1. The predicted molar refractivity (Wildman–Crippen MR) is 49.9 cm³/mol. The van der Waals surface area contributed by atoms with Crippen LogP contribution < -0.4 is 5.73 Å². The largest absolute Gasteiger partial charge is 0.390 e. The molecule has 12 heavy (non-hydrogen) atoms. The van der Waals surface area contributed by atoms with Crippen molar-refractivity contribution >= 4 is 0 Å². The van der Waals surface area contributed by atoms with Gasteiger partial charge in [0, 0.05) is 13.1 Å². The molecule has 0 aromatic rings. The molecule has 1 heterocycles. The topological polar surface area (TPSA) is 49.5 Å². The third-order valence-electron chi connectivity index (χ3n) is 2.62. The Labute approximate surface area is 74.5 Å². The Morgan fingerprint density at radius 1 is 1.50 bits per heavy atom.